The second-order valence-corrected chi connectivity index (χ2v) is 10.4. The van der Waals surface area contributed by atoms with E-state index in [0.717, 1.165) is 34.2 Å². The second-order valence-electron chi connectivity index (χ2n) is 10.4. The van der Waals surface area contributed by atoms with Crippen LogP contribution in [0.2, 0.25) is 0 Å². The summed E-state index contributed by atoms with van der Waals surface area (Å²) in [5.74, 6) is -1.70. The summed E-state index contributed by atoms with van der Waals surface area (Å²) in [7, 11) is 1.85. The Labute approximate surface area is 228 Å². The molecule has 3 aromatic rings. The molecule has 0 saturated heterocycles. The molecule has 0 radical (unpaired) electrons. The molecule has 8 heteroatoms. The van der Waals surface area contributed by atoms with Crippen molar-refractivity contribution >= 4 is 18.0 Å². The van der Waals surface area contributed by atoms with Crippen LogP contribution in [0, 0.1) is 0 Å². The largest absolute Gasteiger partial charge is 0.480 e. The number of aliphatic carboxylic acids is 1. The van der Waals surface area contributed by atoms with Crippen molar-refractivity contribution < 1.29 is 24.2 Å². The van der Waals surface area contributed by atoms with Crippen molar-refractivity contribution in [1.29, 1.82) is 0 Å². The van der Waals surface area contributed by atoms with Gasteiger partial charge in [-0.25, -0.2) is 9.59 Å². The monoisotopic (exact) mass is 527 g/mol. The molecule has 2 aliphatic rings. The summed E-state index contributed by atoms with van der Waals surface area (Å²) >= 11 is 0. The summed E-state index contributed by atoms with van der Waals surface area (Å²) in [4.78, 5) is 40.1. The van der Waals surface area contributed by atoms with E-state index in [2.05, 4.69) is 22.8 Å². The first-order valence-electron chi connectivity index (χ1n) is 13.3. The number of carboxylic acid groups (broad SMARTS) is 1. The van der Waals surface area contributed by atoms with Crippen molar-refractivity contribution in [3.63, 3.8) is 0 Å². The maximum Gasteiger partial charge on any atom is 0.407 e. The number of carboxylic acids is 1. The fraction of sp³-hybridized carbons (Fsp3) is 0.323. The van der Waals surface area contributed by atoms with Gasteiger partial charge in [0.2, 0.25) is 5.91 Å². The van der Waals surface area contributed by atoms with Crippen LogP contribution in [0.5, 0.6) is 0 Å². The summed E-state index contributed by atoms with van der Waals surface area (Å²) in [6.45, 7) is 0.856. The average Bonchev–Trinajstić information content (AvgIpc) is 3.23. The number of likely N-dealkylation sites (N-methyl/N-ethyl adjacent to an activating group) is 1. The Hall–Kier alpha value is -4.17. The number of carbonyl (C=O) groups excluding carboxylic acids is 2. The summed E-state index contributed by atoms with van der Waals surface area (Å²) in [6, 6.07) is 24.9. The van der Waals surface area contributed by atoms with Gasteiger partial charge in [0.15, 0.2) is 0 Å². The molecular weight excluding hydrogens is 494 g/mol. The molecular formula is C31H33N3O5. The maximum atomic E-state index is 13.3. The zero-order valence-electron chi connectivity index (χ0n) is 21.9. The van der Waals surface area contributed by atoms with E-state index < -0.39 is 29.6 Å². The van der Waals surface area contributed by atoms with Gasteiger partial charge < -0.3 is 20.5 Å². The van der Waals surface area contributed by atoms with Crippen LogP contribution in [-0.2, 0) is 20.9 Å². The Kier molecular flexibility index (Phi) is 7.65. The van der Waals surface area contributed by atoms with E-state index in [-0.39, 0.29) is 19.1 Å². The highest BCUT2D eigenvalue weighted by atomic mass is 16.5. The summed E-state index contributed by atoms with van der Waals surface area (Å²) in [5, 5.41) is 15.1. The Bertz CT molecular complexity index is 1310. The zero-order valence-corrected chi connectivity index (χ0v) is 21.9. The Balaban J connectivity index is 1.27. The van der Waals surface area contributed by atoms with Crippen LogP contribution in [0.25, 0.3) is 11.1 Å². The van der Waals surface area contributed by atoms with Gasteiger partial charge in [-0.3, -0.25) is 9.69 Å². The summed E-state index contributed by atoms with van der Waals surface area (Å²) in [5.41, 5.74) is 4.22. The minimum atomic E-state index is -1.28. The van der Waals surface area contributed by atoms with Gasteiger partial charge in [-0.05, 0) is 54.1 Å². The topological polar surface area (TPSA) is 108 Å². The van der Waals surface area contributed by atoms with E-state index in [1.165, 1.54) is 0 Å². The van der Waals surface area contributed by atoms with Gasteiger partial charge in [0.25, 0.3) is 0 Å². The number of fused-ring (bicyclic) bond motifs is 3. The van der Waals surface area contributed by atoms with Crippen LogP contribution in [0.3, 0.4) is 0 Å². The van der Waals surface area contributed by atoms with E-state index >= 15 is 0 Å². The zero-order chi connectivity index (χ0) is 27.4. The average molecular weight is 528 g/mol. The quantitative estimate of drug-likeness (QED) is 0.366. The molecule has 5 rings (SSSR count). The number of hydrogen-bond donors (Lipinski definition) is 3. The fourth-order valence-corrected chi connectivity index (χ4v) is 5.49. The van der Waals surface area contributed by atoms with Crippen molar-refractivity contribution in [2.45, 2.75) is 43.3 Å². The molecule has 1 fully saturated rings. The molecule has 1 unspecified atom stereocenters. The molecule has 2 amide bonds. The molecule has 0 aromatic heterocycles. The van der Waals surface area contributed by atoms with Crippen LogP contribution in [0.4, 0.5) is 4.79 Å². The predicted octanol–water partition coefficient (Wildman–Crippen LogP) is 4.15. The molecule has 0 aliphatic heterocycles. The van der Waals surface area contributed by atoms with Crippen LogP contribution in [0.15, 0.2) is 78.9 Å². The van der Waals surface area contributed by atoms with Crippen molar-refractivity contribution in [1.82, 2.24) is 15.5 Å². The van der Waals surface area contributed by atoms with E-state index in [0.29, 0.717) is 19.4 Å². The van der Waals surface area contributed by atoms with Crippen LogP contribution < -0.4 is 10.6 Å². The lowest BCUT2D eigenvalue weighted by atomic mass is 9.76. The van der Waals surface area contributed by atoms with Crippen LogP contribution >= 0.6 is 0 Å². The normalized spacial score (nSPS) is 15.9. The third-order valence-electron chi connectivity index (χ3n) is 7.72. The molecule has 2 aliphatic carbocycles. The molecule has 1 atom stereocenters. The molecule has 39 heavy (non-hydrogen) atoms. The minimum Gasteiger partial charge on any atom is -0.480 e. The first kappa shape index (κ1) is 26.4. The number of carbonyl (C=O) groups is 3. The van der Waals surface area contributed by atoms with Gasteiger partial charge in [-0.1, -0.05) is 78.9 Å². The smallest absolute Gasteiger partial charge is 0.407 e. The van der Waals surface area contributed by atoms with Gasteiger partial charge in [0, 0.05) is 19.0 Å². The standard InChI is InChI=1S/C31H33N3O5/c1-34(18-21-10-3-2-4-11-21)19-27(28(35)33-31(29(36)37)16-9-17-31)32-30(38)39-20-26-24-14-7-5-12-22(24)23-13-6-8-15-25(23)26/h2-8,10-15,26-27H,9,16-20H2,1H3,(H,32,38)(H,33,35)(H,36,37). The molecule has 0 spiro atoms. The predicted molar refractivity (Wildman–Crippen MR) is 147 cm³/mol. The van der Waals surface area contributed by atoms with Gasteiger partial charge in [-0.2, -0.15) is 0 Å². The Morgan fingerprint density at radius 1 is 0.949 bits per heavy atom. The third kappa shape index (κ3) is 5.66. The van der Waals surface area contributed by atoms with E-state index in [9.17, 15) is 19.5 Å². The number of amides is 2. The van der Waals surface area contributed by atoms with Gasteiger partial charge in [-0.15, -0.1) is 0 Å². The molecule has 1 saturated carbocycles. The molecule has 3 aromatic carbocycles. The van der Waals surface area contributed by atoms with E-state index in [1.54, 1.807) is 0 Å². The van der Waals surface area contributed by atoms with E-state index in [4.69, 9.17) is 4.74 Å². The van der Waals surface area contributed by atoms with Crippen molar-refractivity contribution in [2.75, 3.05) is 20.2 Å². The highest BCUT2D eigenvalue weighted by Gasteiger charge is 2.46. The maximum absolute atomic E-state index is 13.3. The molecule has 8 nitrogen and oxygen atoms in total. The number of nitrogens with zero attached hydrogens (tertiary/aromatic N) is 1. The number of ether oxygens (including phenoxy) is 1. The van der Waals surface area contributed by atoms with E-state index in [1.807, 2.05) is 78.7 Å². The lowest BCUT2D eigenvalue weighted by molar-refractivity contribution is -0.152. The van der Waals surface area contributed by atoms with Gasteiger partial charge in [0.1, 0.15) is 18.2 Å². The second kappa shape index (κ2) is 11.3. The number of hydrogen-bond acceptors (Lipinski definition) is 5. The lowest BCUT2D eigenvalue weighted by Gasteiger charge is -2.39. The Morgan fingerprint density at radius 3 is 2.10 bits per heavy atom. The van der Waals surface area contributed by atoms with Crippen LogP contribution in [0.1, 0.15) is 41.9 Å². The van der Waals surface area contributed by atoms with Crippen LogP contribution in [-0.4, -0.2) is 59.8 Å². The molecule has 3 N–H and O–H groups in total. The molecule has 0 heterocycles. The first-order valence-corrected chi connectivity index (χ1v) is 13.3. The van der Waals surface area contributed by atoms with Crippen molar-refractivity contribution in [3.05, 3.63) is 95.6 Å². The molecule has 0 bridgehead atoms. The lowest BCUT2D eigenvalue weighted by Crippen LogP contribution is -2.64. The number of nitrogens with one attached hydrogen (secondary N) is 2. The summed E-state index contributed by atoms with van der Waals surface area (Å²) in [6.07, 6.45) is 0.741. The number of rotatable bonds is 10. The third-order valence-corrected chi connectivity index (χ3v) is 7.72. The first-order chi connectivity index (χ1) is 18.9. The minimum absolute atomic E-state index is 0.110. The van der Waals surface area contributed by atoms with Crippen molar-refractivity contribution in [3.8, 4) is 11.1 Å². The highest BCUT2D eigenvalue weighted by molar-refractivity contribution is 5.92. The number of benzene rings is 3. The van der Waals surface area contributed by atoms with Gasteiger partial charge in [0.05, 0.1) is 0 Å². The van der Waals surface area contributed by atoms with Crippen molar-refractivity contribution in [2.24, 2.45) is 0 Å². The SMILES string of the molecule is CN(Cc1ccccc1)CC(NC(=O)OCC1c2ccccc2-c2ccccc21)C(=O)NC1(C(=O)O)CCC1. The summed E-state index contributed by atoms with van der Waals surface area (Å²) < 4.78 is 5.67. The van der Waals surface area contributed by atoms with Gasteiger partial charge >= 0.3 is 12.1 Å². The fourth-order valence-electron chi connectivity index (χ4n) is 5.49. The number of alkyl carbamates (subject to hydrolysis) is 1. The Morgan fingerprint density at radius 2 is 1.54 bits per heavy atom. The highest BCUT2D eigenvalue weighted by Crippen LogP contribution is 2.44. The molecule has 202 valence electrons.